The van der Waals surface area contributed by atoms with Crippen molar-refractivity contribution in [1.82, 2.24) is 18.7 Å². The van der Waals surface area contributed by atoms with Crippen LogP contribution in [0.2, 0.25) is 0 Å². The highest BCUT2D eigenvalue weighted by Crippen LogP contribution is 2.36. The van der Waals surface area contributed by atoms with Crippen LogP contribution in [0.5, 0.6) is 5.75 Å². The van der Waals surface area contributed by atoms with Crippen molar-refractivity contribution < 1.29 is 13.2 Å². The monoisotopic (exact) mass is 532 g/mol. The van der Waals surface area contributed by atoms with E-state index in [1.165, 1.54) is 3.97 Å². The smallest absolute Gasteiger partial charge is 0.268 e. The van der Waals surface area contributed by atoms with Gasteiger partial charge in [-0.3, -0.25) is 4.57 Å². The van der Waals surface area contributed by atoms with Crippen molar-refractivity contribution in [1.29, 1.82) is 0 Å². The van der Waals surface area contributed by atoms with E-state index in [2.05, 4.69) is 24.0 Å². The van der Waals surface area contributed by atoms with E-state index < -0.39 is 10.0 Å². The van der Waals surface area contributed by atoms with Gasteiger partial charge in [0.15, 0.2) is 11.0 Å². The quantitative estimate of drug-likeness (QED) is 0.204. The molecule has 9 heteroatoms. The highest BCUT2D eigenvalue weighted by Gasteiger charge is 2.25. The highest BCUT2D eigenvalue weighted by atomic mass is 32.2. The number of thioether (sulfide) groups is 1. The summed E-state index contributed by atoms with van der Waals surface area (Å²) in [7, 11) is -3.82. The molecule has 0 saturated heterocycles. The molecule has 0 aliphatic carbocycles. The van der Waals surface area contributed by atoms with Crippen LogP contribution in [0.25, 0.3) is 28.0 Å². The maximum Gasteiger partial charge on any atom is 0.268 e. The summed E-state index contributed by atoms with van der Waals surface area (Å²) in [6.45, 7) is 6.83. The van der Waals surface area contributed by atoms with Gasteiger partial charge < -0.3 is 4.74 Å². The second kappa shape index (κ2) is 10.4. The van der Waals surface area contributed by atoms with Crippen LogP contribution in [-0.2, 0) is 10.0 Å². The van der Waals surface area contributed by atoms with Crippen molar-refractivity contribution in [2.24, 2.45) is 0 Å². The number of rotatable bonds is 9. The fourth-order valence-corrected chi connectivity index (χ4v) is 6.41. The highest BCUT2D eigenvalue weighted by molar-refractivity contribution is 7.99. The Kier molecular flexibility index (Phi) is 7.08. The van der Waals surface area contributed by atoms with E-state index in [1.54, 1.807) is 48.3 Å². The lowest BCUT2D eigenvalue weighted by molar-refractivity contribution is 0.340. The summed E-state index contributed by atoms with van der Waals surface area (Å²) in [5, 5.41) is 11.0. The fraction of sp³-hybridized carbons (Fsp3) is 0.214. The molecule has 5 aromatic rings. The maximum absolute atomic E-state index is 13.6. The topological polar surface area (TPSA) is 79.0 Å². The van der Waals surface area contributed by atoms with Gasteiger partial charge >= 0.3 is 0 Å². The lowest BCUT2D eigenvalue weighted by Gasteiger charge is -2.13. The third-order valence-corrected chi connectivity index (χ3v) is 9.04. The molecule has 7 nitrogen and oxygen atoms in total. The minimum absolute atomic E-state index is 0.225. The van der Waals surface area contributed by atoms with E-state index in [0.717, 1.165) is 28.4 Å². The summed E-state index contributed by atoms with van der Waals surface area (Å²) >= 11 is 1.64. The summed E-state index contributed by atoms with van der Waals surface area (Å²) < 4.78 is 36.2. The molecule has 0 bridgehead atoms. The molecule has 0 unspecified atom stereocenters. The van der Waals surface area contributed by atoms with E-state index in [1.807, 2.05) is 60.0 Å². The Labute approximate surface area is 221 Å². The normalized spacial score (nSPS) is 12.6. The molecule has 5 rings (SSSR count). The minimum atomic E-state index is -3.82. The van der Waals surface area contributed by atoms with Crippen LogP contribution >= 0.6 is 11.8 Å². The standard InChI is InChI=1S/C28H28N4O3S2/c1-4-20(3)36-28-30-29-27(32(28)21-15-17-22(18-16-21)35-5-2)25-19-31(26-14-10-9-13-24(25)26)37(33,34)23-11-7-6-8-12-23/h6-20H,4-5H2,1-3H3/t20-/m0/s1. The van der Waals surface area contributed by atoms with Gasteiger partial charge in [-0.05, 0) is 55.8 Å². The van der Waals surface area contributed by atoms with Gasteiger partial charge in [0.2, 0.25) is 0 Å². The lowest BCUT2D eigenvalue weighted by Crippen LogP contribution is -2.11. The predicted molar refractivity (Wildman–Crippen MR) is 148 cm³/mol. The van der Waals surface area contributed by atoms with E-state index in [9.17, 15) is 8.42 Å². The first kappa shape index (κ1) is 25.1. The van der Waals surface area contributed by atoms with Crippen molar-refractivity contribution >= 4 is 32.7 Å². The van der Waals surface area contributed by atoms with Crippen LogP contribution in [-0.4, -0.2) is 39.0 Å². The second-order valence-corrected chi connectivity index (χ2v) is 11.8. The molecule has 0 fully saturated rings. The van der Waals surface area contributed by atoms with Crippen molar-refractivity contribution in [3.05, 3.63) is 85.1 Å². The largest absolute Gasteiger partial charge is 0.494 e. The fourth-order valence-electron chi connectivity index (χ4n) is 4.11. The number of hydrogen-bond acceptors (Lipinski definition) is 6. The van der Waals surface area contributed by atoms with E-state index in [4.69, 9.17) is 4.74 Å². The van der Waals surface area contributed by atoms with Crippen molar-refractivity contribution in [2.45, 2.75) is 42.5 Å². The molecule has 190 valence electrons. The predicted octanol–water partition coefficient (Wildman–Crippen LogP) is 6.42. The number of fused-ring (bicyclic) bond motifs is 1. The number of benzene rings is 3. The van der Waals surface area contributed by atoms with Gasteiger partial charge in [-0.25, -0.2) is 12.4 Å². The van der Waals surface area contributed by atoms with Gasteiger partial charge in [-0.2, -0.15) is 0 Å². The van der Waals surface area contributed by atoms with Gasteiger partial charge in [0.05, 0.1) is 17.0 Å². The molecule has 0 saturated carbocycles. The van der Waals surface area contributed by atoms with Crippen LogP contribution in [0, 0.1) is 0 Å². The SMILES string of the molecule is CCOc1ccc(-n2c(S[C@@H](C)CC)nnc2-c2cn(S(=O)(=O)c3ccccc3)c3ccccc23)cc1. The summed E-state index contributed by atoms with van der Waals surface area (Å²) in [5.41, 5.74) is 2.14. The first-order chi connectivity index (χ1) is 17.9. The summed E-state index contributed by atoms with van der Waals surface area (Å²) in [4.78, 5) is 0.225. The van der Waals surface area contributed by atoms with Gasteiger partial charge in [0.1, 0.15) is 5.75 Å². The zero-order valence-electron chi connectivity index (χ0n) is 20.9. The molecule has 0 N–H and O–H groups in total. The Bertz CT molecular complexity index is 1630. The van der Waals surface area contributed by atoms with E-state index in [-0.39, 0.29) is 4.90 Å². The van der Waals surface area contributed by atoms with Gasteiger partial charge in [0, 0.05) is 28.1 Å². The second-order valence-electron chi connectivity index (χ2n) is 8.58. The Hall–Kier alpha value is -3.56. The van der Waals surface area contributed by atoms with Crippen molar-refractivity contribution in [2.75, 3.05) is 6.61 Å². The van der Waals surface area contributed by atoms with E-state index in [0.29, 0.717) is 28.8 Å². The van der Waals surface area contributed by atoms with Gasteiger partial charge in [-0.1, -0.05) is 62.0 Å². The van der Waals surface area contributed by atoms with Crippen LogP contribution in [0.3, 0.4) is 0 Å². The number of nitrogens with zero attached hydrogens (tertiary/aromatic N) is 4. The maximum atomic E-state index is 13.6. The van der Waals surface area contributed by atoms with E-state index >= 15 is 0 Å². The third-order valence-electron chi connectivity index (χ3n) is 6.14. The Balaban J connectivity index is 1.72. The first-order valence-electron chi connectivity index (χ1n) is 12.2. The molecule has 37 heavy (non-hydrogen) atoms. The van der Waals surface area contributed by atoms with Crippen LogP contribution in [0.15, 0.2) is 95.1 Å². The number of ether oxygens (including phenoxy) is 1. The molecule has 0 amide bonds. The van der Waals surface area contributed by atoms with Crippen LogP contribution in [0.4, 0.5) is 0 Å². The Morgan fingerprint density at radius 3 is 2.32 bits per heavy atom. The average molecular weight is 533 g/mol. The molecule has 0 spiro atoms. The number of aromatic nitrogens is 4. The number of hydrogen-bond donors (Lipinski definition) is 0. The minimum Gasteiger partial charge on any atom is -0.494 e. The zero-order chi connectivity index (χ0) is 26.0. The molecule has 0 radical (unpaired) electrons. The van der Waals surface area contributed by atoms with Crippen LogP contribution in [0.1, 0.15) is 27.2 Å². The third kappa shape index (κ3) is 4.76. The van der Waals surface area contributed by atoms with Gasteiger partial charge in [-0.15, -0.1) is 10.2 Å². The zero-order valence-corrected chi connectivity index (χ0v) is 22.5. The summed E-state index contributed by atoms with van der Waals surface area (Å²) in [5.74, 6) is 1.36. The molecule has 2 heterocycles. The van der Waals surface area contributed by atoms with Gasteiger partial charge in [0.25, 0.3) is 10.0 Å². The average Bonchev–Trinajstić information content (AvgIpc) is 3.51. The molecular formula is C28H28N4O3S2. The molecule has 0 aliphatic heterocycles. The molecule has 2 aromatic heterocycles. The molecular weight excluding hydrogens is 504 g/mol. The summed E-state index contributed by atoms with van der Waals surface area (Å²) in [6.07, 6.45) is 2.63. The van der Waals surface area contributed by atoms with Crippen LogP contribution < -0.4 is 4.74 Å². The van der Waals surface area contributed by atoms with Crippen molar-refractivity contribution in [3.8, 4) is 22.8 Å². The number of para-hydroxylation sites is 1. The lowest BCUT2D eigenvalue weighted by atomic mass is 10.1. The Morgan fingerprint density at radius 2 is 1.62 bits per heavy atom. The summed E-state index contributed by atoms with van der Waals surface area (Å²) in [6, 6.07) is 23.7. The Morgan fingerprint density at radius 1 is 0.919 bits per heavy atom. The molecule has 1 atom stereocenters. The van der Waals surface area contributed by atoms with Crippen molar-refractivity contribution in [3.63, 3.8) is 0 Å². The first-order valence-corrected chi connectivity index (χ1v) is 14.5. The molecule has 3 aromatic carbocycles. The molecule has 0 aliphatic rings.